The first kappa shape index (κ1) is 17.3. The summed E-state index contributed by atoms with van der Waals surface area (Å²) in [6.45, 7) is 4.39. The van der Waals surface area contributed by atoms with Crippen molar-refractivity contribution >= 4 is 5.91 Å². The number of carbonyl (C=O) groups is 1. The van der Waals surface area contributed by atoms with Crippen molar-refractivity contribution in [2.75, 3.05) is 6.54 Å². The molecule has 1 amide bonds. The van der Waals surface area contributed by atoms with Crippen molar-refractivity contribution in [3.8, 4) is 0 Å². The van der Waals surface area contributed by atoms with Crippen LogP contribution in [0.25, 0.3) is 0 Å². The molecule has 0 bridgehead atoms. The highest BCUT2D eigenvalue weighted by atomic mass is 19.4. The maximum atomic E-state index is 12.8. The van der Waals surface area contributed by atoms with Crippen LogP contribution in [0, 0.1) is 18.8 Å². The maximum Gasteiger partial charge on any atom is 0.435 e. The summed E-state index contributed by atoms with van der Waals surface area (Å²) in [5.74, 6) is 1.03. The zero-order valence-corrected chi connectivity index (χ0v) is 14.1. The molecule has 2 fully saturated rings. The van der Waals surface area contributed by atoms with Gasteiger partial charge in [-0.2, -0.15) is 18.3 Å². The molecule has 1 aromatic rings. The SMILES string of the molecule is Cc1cc(C(F)(F)F)nn1CC(=O)N1CCC(C)C2CCCCC21. The Hall–Kier alpha value is -1.53. The minimum Gasteiger partial charge on any atom is -0.338 e. The minimum absolute atomic E-state index is 0.112. The summed E-state index contributed by atoms with van der Waals surface area (Å²) in [5.41, 5.74) is -0.572. The third-order valence-corrected chi connectivity index (χ3v) is 5.62. The summed E-state index contributed by atoms with van der Waals surface area (Å²) in [7, 11) is 0. The zero-order chi connectivity index (χ0) is 17.5. The van der Waals surface area contributed by atoms with E-state index < -0.39 is 11.9 Å². The number of alkyl halides is 3. The first-order valence-corrected chi connectivity index (χ1v) is 8.68. The molecule has 2 heterocycles. The van der Waals surface area contributed by atoms with Gasteiger partial charge in [-0.15, -0.1) is 0 Å². The van der Waals surface area contributed by atoms with Gasteiger partial charge in [0.2, 0.25) is 5.91 Å². The zero-order valence-electron chi connectivity index (χ0n) is 14.1. The molecule has 0 spiro atoms. The molecular formula is C17H24F3N3O. The maximum absolute atomic E-state index is 12.8. The molecular weight excluding hydrogens is 319 g/mol. The summed E-state index contributed by atoms with van der Waals surface area (Å²) >= 11 is 0. The molecule has 1 saturated carbocycles. The summed E-state index contributed by atoms with van der Waals surface area (Å²) < 4.78 is 39.5. The molecule has 3 unspecified atom stereocenters. The number of fused-ring (bicyclic) bond motifs is 1. The van der Waals surface area contributed by atoms with Crippen LogP contribution in [-0.2, 0) is 17.5 Å². The van der Waals surface area contributed by atoms with Gasteiger partial charge in [0.05, 0.1) is 0 Å². The van der Waals surface area contributed by atoms with Crippen LogP contribution >= 0.6 is 0 Å². The van der Waals surface area contributed by atoms with Gasteiger partial charge in [-0.3, -0.25) is 9.48 Å². The average Bonchev–Trinajstić information content (AvgIpc) is 2.89. The predicted octanol–water partition coefficient (Wildman–Crippen LogP) is 3.64. The van der Waals surface area contributed by atoms with E-state index in [0.29, 0.717) is 24.1 Å². The van der Waals surface area contributed by atoms with Crippen molar-refractivity contribution in [1.82, 2.24) is 14.7 Å². The fraction of sp³-hybridized carbons (Fsp3) is 0.765. The standard InChI is InChI=1S/C17H24F3N3O/c1-11-7-8-22(14-6-4-3-5-13(11)14)16(24)10-23-12(2)9-15(21-23)17(18,19)20/h9,11,13-14H,3-8,10H2,1-2H3. The van der Waals surface area contributed by atoms with Gasteiger partial charge in [0.25, 0.3) is 0 Å². The van der Waals surface area contributed by atoms with E-state index in [9.17, 15) is 18.0 Å². The van der Waals surface area contributed by atoms with Gasteiger partial charge >= 0.3 is 6.18 Å². The summed E-state index contributed by atoms with van der Waals surface area (Å²) in [6, 6.07) is 1.24. The lowest BCUT2D eigenvalue weighted by Crippen LogP contribution is -2.53. The van der Waals surface area contributed by atoms with Gasteiger partial charge in [-0.05, 0) is 44.1 Å². The summed E-state index contributed by atoms with van der Waals surface area (Å²) in [6.07, 6.45) is 0.978. The van der Waals surface area contributed by atoms with E-state index in [0.717, 1.165) is 31.7 Å². The first-order chi connectivity index (χ1) is 11.3. The number of aryl methyl sites for hydroxylation is 1. The highest BCUT2D eigenvalue weighted by Gasteiger charge is 2.40. The normalized spacial score (nSPS) is 27.9. The van der Waals surface area contributed by atoms with Crippen LogP contribution in [-0.4, -0.2) is 33.2 Å². The number of rotatable bonds is 2. The van der Waals surface area contributed by atoms with Crippen molar-refractivity contribution in [3.63, 3.8) is 0 Å². The largest absolute Gasteiger partial charge is 0.435 e. The number of halogens is 3. The van der Waals surface area contributed by atoms with E-state index in [1.807, 2.05) is 4.90 Å². The number of nitrogens with zero attached hydrogens (tertiary/aromatic N) is 3. The van der Waals surface area contributed by atoms with E-state index in [1.165, 1.54) is 11.1 Å². The number of likely N-dealkylation sites (tertiary alicyclic amines) is 1. The lowest BCUT2D eigenvalue weighted by atomic mass is 9.72. The molecule has 24 heavy (non-hydrogen) atoms. The second kappa shape index (κ2) is 6.41. The molecule has 1 aliphatic heterocycles. The smallest absolute Gasteiger partial charge is 0.338 e. The second-order valence-corrected chi connectivity index (χ2v) is 7.20. The van der Waals surface area contributed by atoms with Crippen LogP contribution in [0.2, 0.25) is 0 Å². The van der Waals surface area contributed by atoms with Crippen LogP contribution < -0.4 is 0 Å². The fourth-order valence-corrected chi connectivity index (χ4v) is 4.25. The van der Waals surface area contributed by atoms with Crippen LogP contribution in [0.15, 0.2) is 6.07 Å². The number of hydrogen-bond acceptors (Lipinski definition) is 2. The molecule has 0 N–H and O–H groups in total. The Balaban J connectivity index is 1.74. The van der Waals surface area contributed by atoms with E-state index >= 15 is 0 Å². The van der Waals surface area contributed by atoms with Gasteiger partial charge in [0.1, 0.15) is 6.54 Å². The van der Waals surface area contributed by atoms with Crippen LogP contribution in [0.1, 0.15) is 50.4 Å². The van der Waals surface area contributed by atoms with Crippen LogP contribution in [0.3, 0.4) is 0 Å². The molecule has 2 aliphatic rings. The van der Waals surface area contributed by atoms with Gasteiger partial charge in [0.15, 0.2) is 5.69 Å². The highest BCUT2D eigenvalue weighted by Crippen LogP contribution is 2.39. The van der Waals surface area contributed by atoms with E-state index in [4.69, 9.17) is 0 Å². The molecule has 4 nitrogen and oxygen atoms in total. The monoisotopic (exact) mass is 343 g/mol. The minimum atomic E-state index is -4.48. The molecule has 1 saturated heterocycles. The number of aromatic nitrogens is 2. The summed E-state index contributed by atoms with van der Waals surface area (Å²) in [5, 5.41) is 3.58. The number of amides is 1. The highest BCUT2D eigenvalue weighted by molar-refractivity contribution is 5.76. The summed E-state index contributed by atoms with van der Waals surface area (Å²) in [4.78, 5) is 14.6. The number of piperidine rings is 1. The van der Waals surface area contributed by atoms with Crippen LogP contribution in [0.5, 0.6) is 0 Å². The quantitative estimate of drug-likeness (QED) is 0.822. The van der Waals surface area contributed by atoms with Gasteiger partial charge < -0.3 is 4.90 Å². The third-order valence-electron chi connectivity index (χ3n) is 5.62. The third kappa shape index (κ3) is 3.30. The number of hydrogen-bond donors (Lipinski definition) is 0. The topological polar surface area (TPSA) is 38.1 Å². The average molecular weight is 343 g/mol. The lowest BCUT2D eigenvalue weighted by Gasteiger charge is -2.47. The van der Waals surface area contributed by atoms with Gasteiger partial charge in [-0.25, -0.2) is 0 Å². The Kier molecular flexibility index (Phi) is 4.62. The molecule has 134 valence electrons. The Labute approximate surface area is 140 Å². The Morgan fingerprint density at radius 1 is 1.29 bits per heavy atom. The molecule has 1 aromatic heterocycles. The second-order valence-electron chi connectivity index (χ2n) is 7.20. The number of carbonyl (C=O) groups excluding carboxylic acids is 1. The Morgan fingerprint density at radius 2 is 2.00 bits per heavy atom. The van der Waals surface area contributed by atoms with Gasteiger partial charge in [0, 0.05) is 18.3 Å². The van der Waals surface area contributed by atoms with E-state index in [-0.39, 0.29) is 18.5 Å². The van der Waals surface area contributed by atoms with Crippen molar-refractivity contribution in [3.05, 3.63) is 17.5 Å². The fourth-order valence-electron chi connectivity index (χ4n) is 4.25. The molecule has 0 aromatic carbocycles. The lowest BCUT2D eigenvalue weighted by molar-refractivity contribution is -0.143. The Morgan fingerprint density at radius 3 is 2.67 bits per heavy atom. The van der Waals surface area contributed by atoms with E-state index in [1.54, 1.807) is 6.92 Å². The first-order valence-electron chi connectivity index (χ1n) is 8.68. The predicted molar refractivity (Wildman–Crippen MR) is 83.2 cm³/mol. The van der Waals surface area contributed by atoms with E-state index in [2.05, 4.69) is 12.0 Å². The van der Waals surface area contributed by atoms with Crippen molar-refractivity contribution in [2.45, 2.75) is 64.7 Å². The molecule has 7 heteroatoms. The molecule has 0 radical (unpaired) electrons. The Bertz CT molecular complexity index is 611. The molecule has 1 aliphatic carbocycles. The van der Waals surface area contributed by atoms with Crippen molar-refractivity contribution < 1.29 is 18.0 Å². The van der Waals surface area contributed by atoms with Crippen LogP contribution in [0.4, 0.5) is 13.2 Å². The molecule has 3 rings (SSSR count). The molecule has 3 atom stereocenters. The van der Waals surface area contributed by atoms with Crippen molar-refractivity contribution in [1.29, 1.82) is 0 Å². The van der Waals surface area contributed by atoms with Gasteiger partial charge in [-0.1, -0.05) is 19.8 Å². The van der Waals surface area contributed by atoms with Crippen molar-refractivity contribution in [2.24, 2.45) is 11.8 Å².